The van der Waals surface area contributed by atoms with Gasteiger partial charge in [-0.25, -0.2) is 9.59 Å². The number of carboxylic acid groups (broad SMARTS) is 1. The van der Waals surface area contributed by atoms with Gasteiger partial charge in [0.25, 0.3) is 0 Å². The van der Waals surface area contributed by atoms with Crippen molar-refractivity contribution < 1.29 is 19.4 Å². The van der Waals surface area contributed by atoms with E-state index in [4.69, 9.17) is 4.74 Å². The Bertz CT molecular complexity index is 343. The van der Waals surface area contributed by atoms with Gasteiger partial charge in [0.1, 0.15) is 0 Å². The molecule has 1 saturated heterocycles. The highest BCUT2D eigenvalue weighted by molar-refractivity contribution is 5.86. The van der Waals surface area contributed by atoms with Crippen molar-refractivity contribution in [3.63, 3.8) is 0 Å². The van der Waals surface area contributed by atoms with Crippen molar-refractivity contribution >= 4 is 12.0 Å². The van der Waals surface area contributed by atoms with E-state index in [0.717, 1.165) is 13.0 Å². The third kappa shape index (κ3) is 4.35. The van der Waals surface area contributed by atoms with Crippen molar-refractivity contribution in [2.45, 2.75) is 38.3 Å². The van der Waals surface area contributed by atoms with E-state index in [1.165, 1.54) is 0 Å². The van der Waals surface area contributed by atoms with Gasteiger partial charge in [-0.2, -0.15) is 0 Å². The molecular formula is C13H25N3O4. The van der Waals surface area contributed by atoms with Crippen molar-refractivity contribution in [3.05, 3.63) is 0 Å². The molecule has 0 aromatic carbocycles. The van der Waals surface area contributed by atoms with Gasteiger partial charge in [-0.05, 0) is 20.4 Å². The number of urea groups is 1. The molecule has 0 saturated carbocycles. The Kier molecular flexibility index (Phi) is 6.22. The number of carboxylic acids is 1. The Morgan fingerprint density at radius 2 is 2.20 bits per heavy atom. The number of aliphatic carboxylic acids is 1. The maximum atomic E-state index is 11.8. The number of hydrogen-bond acceptors (Lipinski definition) is 4. The fraction of sp³-hybridized carbons (Fsp3) is 0.846. The molecule has 3 N–H and O–H groups in total. The number of carbonyl (C=O) groups excluding carboxylic acids is 1. The second-order valence-corrected chi connectivity index (χ2v) is 5.31. The molecule has 20 heavy (non-hydrogen) atoms. The number of rotatable bonds is 7. The molecule has 1 heterocycles. The quantitative estimate of drug-likeness (QED) is 0.625. The van der Waals surface area contributed by atoms with E-state index in [0.29, 0.717) is 25.6 Å². The van der Waals surface area contributed by atoms with Crippen LogP contribution in [0.5, 0.6) is 0 Å². The fourth-order valence-electron chi connectivity index (χ4n) is 2.03. The summed E-state index contributed by atoms with van der Waals surface area (Å²) in [5.74, 6) is -1.05. The fourth-order valence-corrected chi connectivity index (χ4v) is 2.03. The highest BCUT2D eigenvalue weighted by Gasteiger charge is 2.43. The molecule has 1 aliphatic rings. The molecule has 2 atom stereocenters. The minimum atomic E-state index is -1.29. The van der Waals surface area contributed by atoms with Crippen LogP contribution in [0.3, 0.4) is 0 Å². The number of amides is 2. The summed E-state index contributed by atoms with van der Waals surface area (Å²) in [7, 11) is 2.00. The predicted molar refractivity (Wildman–Crippen MR) is 74.7 cm³/mol. The van der Waals surface area contributed by atoms with Crippen LogP contribution in [0.2, 0.25) is 0 Å². The van der Waals surface area contributed by atoms with Gasteiger partial charge in [0, 0.05) is 32.2 Å². The monoisotopic (exact) mass is 287 g/mol. The molecule has 1 rings (SSSR count). The van der Waals surface area contributed by atoms with Gasteiger partial charge in [0.05, 0.1) is 6.61 Å². The maximum absolute atomic E-state index is 11.8. The molecule has 0 aromatic heterocycles. The van der Waals surface area contributed by atoms with Crippen molar-refractivity contribution in [3.8, 4) is 0 Å². The summed E-state index contributed by atoms with van der Waals surface area (Å²) in [6.45, 7) is 5.79. The van der Waals surface area contributed by atoms with E-state index in [1.807, 2.05) is 7.05 Å². The molecule has 7 nitrogen and oxygen atoms in total. The molecular weight excluding hydrogens is 262 g/mol. The lowest BCUT2D eigenvalue weighted by molar-refractivity contribution is -0.144. The number of nitrogens with zero attached hydrogens (tertiary/aromatic N) is 1. The molecule has 0 radical (unpaired) electrons. The first-order chi connectivity index (χ1) is 9.41. The molecule has 7 heteroatoms. The summed E-state index contributed by atoms with van der Waals surface area (Å²) in [6.07, 6.45) is 1.34. The summed E-state index contributed by atoms with van der Waals surface area (Å²) in [4.78, 5) is 25.2. The highest BCUT2D eigenvalue weighted by atomic mass is 16.5. The van der Waals surface area contributed by atoms with Crippen molar-refractivity contribution in [2.24, 2.45) is 0 Å². The molecule has 0 aliphatic carbocycles. The standard InChI is InChI=1S/C13H25N3O4/c1-4-10(2)16(3)7-6-14-12(19)15-13(11(17)18)5-8-20-9-13/h10H,4-9H2,1-3H3,(H,17,18)(H2,14,15,19). The van der Waals surface area contributed by atoms with E-state index >= 15 is 0 Å². The number of likely N-dealkylation sites (N-methyl/N-ethyl adjacent to an activating group) is 1. The molecule has 2 amide bonds. The summed E-state index contributed by atoms with van der Waals surface area (Å²) in [6, 6.07) is -0.0103. The Hall–Kier alpha value is -1.34. The molecule has 1 fully saturated rings. The molecule has 116 valence electrons. The van der Waals surface area contributed by atoms with Crippen LogP contribution in [0.1, 0.15) is 26.7 Å². The molecule has 2 unspecified atom stereocenters. The van der Waals surface area contributed by atoms with Crippen LogP contribution in [0.4, 0.5) is 4.79 Å². The van der Waals surface area contributed by atoms with Gasteiger partial charge < -0.3 is 25.4 Å². The zero-order valence-corrected chi connectivity index (χ0v) is 12.4. The van der Waals surface area contributed by atoms with E-state index < -0.39 is 17.5 Å². The summed E-state index contributed by atoms with van der Waals surface area (Å²) in [5.41, 5.74) is -1.29. The zero-order chi connectivity index (χ0) is 15.2. The lowest BCUT2D eigenvalue weighted by Gasteiger charge is -2.25. The minimum Gasteiger partial charge on any atom is -0.479 e. The van der Waals surface area contributed by atoms with Gasteiger partial charge in [-0.15, -0.1) is 0 Å². The molecule has 0 spiro atoms. The number of carbonyl (C=O) groups is 2. The van der Waals surface area contributed by atoms with Crippen LogP contribution < -0.4 is 10.6 Å². The lowest BCUT2D eigenvalue weighted by Crippen LogP contribution is -2.58. The summed E-state index contributed by atoms with van der Waals surface area (Å²) in [5, 5.41) is 14.4. The van der Waals surface area contributed by atoms with Gasteiger partial charge in [-0.1, -0.05) is 6.92 Å². The normalized spacial score (nSPS) is 23.6. The van der Waals surface area contributed by atoms with Gasteiger partial charge in [0.2, 0.25) is 0 Å². The first-order valence-corrected chi connectivity index (χ1v) is 6.98. The number of ether oxygens (including phenoxy) is 1. The smallest absolute Gasteiger partial charge is 0.332 e. The summed E-state index contributed by atoms with van der Waals surface area (Å²) >= 11 is 0. The second kappa shape index (κ2) is 7.44. The zero-order valence-electron chi connectivity index (χ0n) is 12.4. The molecule has 0 aromatic rings. The Balaban J connectivity index is 2.34. The predicted octanol–water partition coefficient (Wildman–Crippen LogP) is 0.260. The van der Waals surface area contributed by atoms with E-state index in [2.05, 4.69) is 29.4 Å². The third-order valence-corrected chi connectivity index (χ3v) is 3.88. The van der Waals surface area contributed by atoms with Crippen molar-refractivity contribution in [1.82, 2.24) is 15.5 Å². The first-order valence-electron chi connectivity index (χ1n) is 6.98. The summed E-state index contributed by atoms with van der Waals surface area (Å²) < 4.78 is 5.08. The highest BCUT2D eigenvalue weighted by Crippen LogP contribution is 2.18. The van der Waals surface area contributed by atoms with Crippen LogP contribution >= 0.6 is 0 Å². The van der Waals surface area contributed by atoms with Crippen LogP contribution in [0, 0.1) is 0 Å². The average Bonchev–Trinajstić information content (AvgIpc) is 2.87. The number of nitrogens with one attached hydrogen (secondary N) is 2. The maximum Gasteiger partial charge on any atom is 0.332 e. The minimum absolute atomic E-state index is 0.0164. The Morgan fingerprint density at radius 1 is 1.50 bits per heavy atom. The van der Waals surface area contributed by atoms with Crippen LogP contribution in [-0.4, -0.2) is 66.9 Å². The average molecular weight is 287 g/mol. The second-order valence-electron chi connectivity index (χ2n) is 5.31. The Morgan fingerprint density at radius 3 is 2.70 bits per heavy atom. The van der Waals surface area contributed by atoms with Crippen molar-refractivity contribution in [2.75, 3.05) is 33.4 Å². The SMILES string of the molecule is CCC(C)N(C)CCNC(=O)NC1(C(=O)O)CCOC1. The van der Waals surface area contributed by atoms with Gasteiger partial charge >= 0.3 is 12.0 Å². The lowest BCUT2D eigenvalue weighted by atomic mass is 9.99. The largest absolute Gasteiger partial charge is 0.479 e. The van der Waals surface area contributed by atoms with E-state index in [9.17, 15) is 14.7 Å². The third-order valence-electron chi connectivity index (χ3n) is 3.88. The first kappa shape index (κ1) is 16.7. The number of hydrogen-bond donors (Lipinski definition) is 3. The molecule has 1 aliphatic heterocycles. The van der Waals surface area contributed by atoms with Gasteiger partial charge in [0.15, 0.2) is 5.54 Å². The topological polar surface area (TPSA) is 90.9 Å². The molecule has 0 bridgehead atoms. The van der Waals surface area contributed by atoms with Crippen LogP contribution in [-0.2, 0) is 9.53 Å². The van der Waals surface area contributed by atoms with E-state index in [-0.39, 0.29) is 6.61 Å². The van der Waals surface area contributed by atoms with E-state index in [1.54, 1.807) is 0 Å². The van der Waals surface area contributed by atoms with Gasteiger partial charge in [-0.3, -0.25) is 0 Å². The van der Waals surface area contributed by atoms with Crippen molar-refractivity contribution in [1.29, 1.82) is 0 Å². The Labute approximate surface area is 119 Å². The van der Waals surface area contributed by atoms with Crippen LogP contribution in [0.15, 0.2) is 0 Å². The van der Waals surface area contributed by atoms with Crippen LogP contribution in [0.25, 0.3) is 0 Å².